The maximum Gasteiger partial charge on any atom is 0.408 e. The Bertz CT molecular complexity index is 1070. The van der Waals surface area contributed by atoms with Crippen LogP contribution in [0.2, 0.25) is 0 Å². The van der Waals surface area contributed by atoms with E-state index in [0.717, 1.165) is 5.56 Å². The molecule has 3 N–H and O–H groups in total. The lowest BCUT2D eigenvalue weighted by Crippen LogP contribution is -2.59. The number of phenolic OH excluding ortho intramolecular Hbond substituents is 1. The van der Waals surface area contributed by atoms with Crippen molar-refractivity contribution in [3.63, 3.8) is 0 Å². The maximum atomic E-state index is 14.3. The van der Waals surface area contributed by atoms with Gasteiger partial charge in [-0.25, -0.2) is 4.79 Å². The minimum Gasteiger partial charge on any atom is -0.508 e. The molecular weight excluding hydrogens is 470 g/mol. The highest BCUT2D eigenvalue weighted by Gasteiger charge is 2.42. The van der Waals surface area contributed by atoms with E-state index in [1.807, 2.05) is 65.0 Å². The van der Waals surface area contributed by atoms with Gasteiger partial charge in [0.05, 0.1) is 0 Å². The lowest BCUT2D eigenvalue weighted by atomic mass is 9.93. The van der Waals surface area contributed by atoms with Crippen LogP contribution in [0.3, 0.4) is 0 Å². The minimum absolute atomic E-state index is 0.104. The molecule has 2 aromatic rings. The van der Waals surface area contributed by atoms with Crippen molar-refractivity contribution in [3.05, 3.63) is 65.7 Å². The van der Waals surface area contributed by atoms with Gasteiger partial charge in [-0.2, -0.15) is 0 Å². The topological polar surface area (TPSA) is 108 Å². The normalized spacial score (nSPS) is 13.4. The first-order valence-corrected chi connectivity index (χ1v) is 12.5. The summed E-state index contributed by atoms with van der Waals surface area (Å²) < 4.78 is 5.45. The summed E-state index contributed by atoms with van der Waals surface area (Å²) in [5, 5.41) is 16.3. The van der Waals surface area contributed by atoms with Crippen LogP contribution in [0, 0.1) is 0 Å². The number of ether oxygens (including phenoxy) is 1. The summed E-state index contributed by atoms with van der Waals surface area (Å²) in [4.78, 5) is 42.1. The Labute approximate surface area is 220 Å². The maximum absolute atomic E-state index is 14.3. The second-order valence-corrected chi connectivity index (χ2v) is 11.4. The fourth-order valence-corrected chi connectivity index (χ4v) is 3.99. The molecule has 2 unspecified atom stereocenters. The van der Waals surface area contributed by atoms with Crippen molar-refractivity contribution in [2.75, 3.05) is 0 Å². The van der Waals surface area contributed by atoms with Crippen LogP contribution in [0.5, 0.6) is 5.75 Å². The predicted molar refractivity (Wildman–Crippen MR) is 144 cm³/mol. The van der Waals surface area contributed by atoms with E-state index in [4.69, 9.17) is 4.74 Å². The molecule has 0 radical (unpaired) electrons. The number of nitrogens with one attached hydrogen (secondary N) is 2. The van der Waals surface area contributed by atoms with E-state index in [1.165, 1.54) is 11.0 Å². The number of benzene rings is 2. The predicted octanol–water partition coefficient (Wildman–Crippen LogP) is 4.72. The molecule has 8 nitrogen and oxygen atoms in total. The number of hydrogen-bond acceptors (Lipinski definition) is 5. The summed E-state index contributed by atoms with van der Waals surface area (Å²) in [6, 6.07) is 13.4. The van der Waals surface area contributed by atoms with Crippen molar-refractivity contribution in [2.24, 2.45) is 0 Å². The van der Waals surface area contributed by atoms with Gasteiger partial charge in [-0.1, -0.05) is 48.5 Å². The summed E-state index contributed by atoms with van der Waals surface area (Å²) >= 11 is 0. The van der Waals surface area contributed by atoms with E-state index >= 15 is 0 Å². The Balaban J connectivity index is 2.61. The van der Waals surface area contributed by atoms with Gasteiger partial charge in [-0.15, -0.1) is 0 Å². The molecule has 0 bridgehead atoms. The molecule has 37 heavy (non-hydrogen) atoms. The van der Waals surface area contributed by atoms with Gasteiger partial charge in [0.15, 0.2) is 0 Å². The molecule has 0 aliphatic heterocycles. The lowest BCUT2D eigenvalue weighted by molar-refractivity contribution is -0.148. The van der Waals surface area contributed by atoms with Crippen LogP contribution in [-0.4, -0.2) is 51.1 Å². The highest BCUT2D eigenvalue weighted by atomic mass is 16.6. The number of aromatic hydroxyl groups is 1. The largest absolute Gasteiger partial charge is 0.508 e. The molecular formula is C29H41N3O5. The van der Waals surface area contributed by atoms with Crippen LogP contribution in [0.25, 0.3) is 0 Å². The number of carbonyl (C=O) groups excluding carboxylic acids is 3. The van der Waals surface area contributed by atoms with Crippen LogP contribution >= 0.6 is 0 Å². The molecule has 0 saturated carbocycles. The van der Waals surface area contributed by atoms with Gasteiger partial charge in [0.1, 0.15) is 23.4 Å². The summed E-state index contributed by atoms with van der Waals surface area (Å²) in [5.41, 5.74) is -0.497. The number of phenols is 1. The first kappa shape index (κ1) is 29.7. The molecule has 0 heterocycles. The van der Waals surface area contributed by atoms with Gasteiger partial charge >= 0.3 is 6.09 Å². The zero-order valence-corrected chi connectivity index (χ0v) is 23.2. The van der Waals surface area contributed by atoms with Gasteiger partial charge in [0.25, 0.3) is 0 Å². The SMILES string of the molecule is CC(C)NC(=O)C(c1ccccc1O)N(C(=O)C(Cc1ccccc1)NC(=O)OC(C)(C)C)C(C)(C)C. The summed E-state index contributed by atoms with van der Waals surface area (Å²) in [7, 11) is 0. The van der Waals surface area contributed by atoms with E-state index in [1.54, 1.807) is 39.0 Å². The van der Waals surface area contributed by atoms with Crippen LogP contribution in [-0.2, 0) is 20.7 Å². The molecule has 0 fully saturated rings. The molecule has 8 heteroatoms. The first-order valence-electron chi connectivity index (χ1n) is 12.5. The molecule has 202 valence electrons. The van der Waals surface area contributed by atoms with E-state index in [0.29, 0.717) is 5.56 Å². The van der Waals surface area contributed by atoms with Crippen molar-refractivity contribution < 1.29 is 24.2 Å². The minimum atomic E-state index is -1.14. The van der Waals surface area contributed by atoms with Crippen molar-refractivity contribution in [2.45, 2.75) is 91.1 Å². The number of carbonyl (C=O) groups is 3. The van der Waals surface area contributed by atoms with Crippen LogP contribution in [0.4, 0.5) is 4.79 Å². The standard InChI is InChI=1S/C29H41N3O5/c1-19(2)30-25(34)24(21-16-12-13-17-23(21)33)32(28(3,4)5)26(35)22(18-20-14-10-9-11-15-20)31-27(36)37-29(6,7)8/h9-17,19,22,24,33H,18H2,1-8H3,(H,30,34)(H,31,36). The van der Waals surface area contributed by atoms with E-state index < -0.39 is 41.1 Å². The summed E-state index contributed by atoms with van der Waals surface area (Å²) in [6.45, 7) is 14.3. The molecule has 0 saturated heterocycles. The zero-order valence-electron chi connectivity index (χ0n) is 23.2. The summed E-state index contributed by atoms with van der Waals surface area (Å²) in [5.74, 6) is -1.02. The number of nitrogens with zero attached hydrogens (tertiary/aromatic N) is 1. The van der Waals surface area contributed by atoms with Gasteiger partial charge in [-0.05, 0) is 67.0 Å². The highest BCUT2D eigenvalue weighted by Crippen LogP contribution is 2.34. The second kappa shape index (κ2) is 12.1. The molecule has 0 spiro atoms. The van der Waals surface area contributed by atoms with Gasteiger partial charge in [0, 0.05) is 23.6 Å². The highest BCUT2D eigenvalue weighted by molar-refractivity contribution is 5.93. The van der Waals surface area contributed by atoms with Gasteiger partial charge in [0.2, 0.25) is 11.8 Å². The van der Waals surface area contributed by atoms with Crippen molar-refractivity contribution in [3.8, 4) is 5.75 Å². The number of rotatable bonds is 8. The Morgan fingerprint density at radius 2 is 1.46 bits per heavy atom. The number of hydrogen-bond donors (Lipinski definition) is 3. The van der Waals surface area contributed by atoms with Crippen molar-refractivity contribution >= 4 is 17.9 Å². The smallest absolute Gasteiger partial charge is 0.408 e. The van der Waals surface area contributed by atoms with Gasteiger partial charge < -0.3 is 25.4 Å². The van der Waals surface area contributed by atoms with Crippen molar-refractivity contribution in [1.29, 1.82) is 0 Å². The first-order chi connectivity index (χ1) is 17.1. The number of para-hydroxylation sites is 1. The molecule has 0 aromatic heterocycles. The molecule has 0 aliphatic carbocycles. The second-order valence-electron chi connectivity index (χ2n) is 11.4. The summed E-state index contributed by atoms with van der Waals surface area (Å²) in [6.07, 6.45) is -0.550. The van der Waals surface area contributed by atoms with E-state index in [2.05, 4.69) is 10.6 Å². The Kier molecular flexibility index (Phi) is 9.73. The van der Waals surface area contributed by atoms with Crippen LogP contribution < -0.4 is 10.6 Å². The van der Waals surface area contributed by atoms with Gasteiger partial charge in [-0.3, -0.25) is 9.59 Å². The Morgan fingerprint density at radius 3 is 1.97 bits per heavy atom. The van der Waals surface area contributed by atoms with E-state index in [-0.39, 0.29) is 18.2 Å². The molecule has 0 aliphatic rings. The molecule has 2 aromatic carbocycles. The monoisotopic (exact) mass is 511 g/mol. The zero-order chi connectivity index (χ0) is 28.0. The fraction of sp³-hybridized carbons (Fsp3) is 0.483. The van der Waals surface area contributed by atoms with E-state index in [9.17, 15) is 19.5 Å². The Morgan fingerprint density at radius 1 is 0.892 bits per heavy atom. The average molecular weight is 512 g/mol. The third-order valence-electron chi connectivity index (χ3n) is 5.40. The van der Waals surface area contributed by atoms with Crippen LogP contribution in [0.15, 0.2) is 54.6 Å². The third kappa shape index (κ3) is 8.81. The average Bonchev–Trinajstić information content (AvgIpc) is 2.75. The third-order valence-corrected chi connectivity index (χ3v) is 5.40. The molecule has 2 rings (SSSR count). The molecule has 3 amide bonds. The Hall–Kier alpha value is -3.55. The number of amides is 3. The molecule has 2 atom stereocenters. The number of alkyl carbamates (subject to hydrolysis) is 1. The lowest BCUT2D eigenvalue weighted by Gasteiger charge is -2.43. The fourth-order valence-electron chi connectivity index (χ4n) is 3.99. The quantitative estimate of drug-likeness (QED) is 0.475. The van der Waals surface area contributed by atoms with Crippen molar-refractivity contribution in [1.82, 2.24) is 15.5 Å². The van der Waals surface area contributed by atoms with Crippen LogP contribution in [0.1, 0.15) is 72.6 Å².